The molecule has 0 aliphatic heterocycles. The summed E-state index contributed by atoms with van der Waals surface area (Å²) in [4.78, 5) is 0. The molecule has 1 aromatic carbocycles. The van der Waals surface area contributed by atoms with E-state index >= 15 is 0 Å². The number of rotatable bonds is 5. The van der Waals surface area contributed by atoms with Crippen LogP contribution in [0.5, 0.6) is 0 Å². The Morgan fingerprint density at radius 3 is 2.58 bits per heavy atom. The molecule has 0 amide bonds. The van der Waals surface area contributed by atoms with Gasteiger partial charge < -0.3 is 4.57 Å². The van der Waals surface area contributed by atoms with Gasteiger partial charge in [0.15, 0.2) is 5.16 Å². The largest absolute Gasteiger partial charge is 0.303 e. The molecule has 1 fully saturated rings. The molecule has 0 unspecified atom stereocenters. The van der Waals surface area contributed by atoms with Crippen LogP contribution in [0.25, 0.3) is 0 Å². The van der Waals surface area contributed by atoms with Crippen molar-refractivity contribution in [2.45, 2.75) is 68.8 Å². The molecule has 0 atom stereocenters. The summed E-state index contributed by atoms with van der Waals surface area (Å²) in [5, 5.41) is 9.57. The van der Waals surface area contributed by atoms with Crippen molar-refractivity contribution in [3.8, 4) is 0 Å². The molecule has 1 aliphatic rings. The Hall–Kier alpha value is -1.43. The van der Waals surface area contributed by atoms with E-state index in [1.807, 2.05) is 0 Å². The average molecular weight is 351 g/mol. The molecule has 1 heterocycles. The van der Waals surface area contributed by atoms with Gasteiger partial charge in [0, 0.05) is 23.8 Å². The second kappa shape index (κ2) is 7.64. The summed E-state index contributed by atoms with van der Waals surface area (Å²) < 4.78 is 29.1. The van der Waals surface area contributed by atoms with E-state index in [-0.39, 0.29) is 0 Å². The molecule has 0 N–H and O–H groups in total. The van der Waals surface area contributed by atoms with E-state index in [1.54, 1.807) is 0 Å². The van der Waals surface area contributed by atoms with E-state index in [2.05, 4.69) is 28.6 Å². The van der Waals surface area contributed by atoms with Crippen LogP contribution >= 0.6 is 11.8 Å². The summed E-state index contributed by atoms with van der Waals surface area (Å²) in [6, 6.07) is 4.17. The zero-order chi connectivity index (χ0) is 17.1. The Kier molecular flexibility index (Phi) is 5.54. The van der Waals surface area contributed by atoms with Crippen molar-refractivity contribution in [2.75, 3.05) is 0 Å². The predicted octanol–water partition coefficient (Wildman–Crippen LogP) is 5.48. The number of benzene rings is 1. The summed E-state index contributed by atoms with van der Waals surface area (Å²) in [6.07, 6.45) is 6.06. The third-order valence-electron chi connectivity index (χ3n) is 4.52. The Morgan fingerprint density at radius 2 is 1.92 bits per heavy atom. The Labute approximate surface area is 145 Å². The molecule has 0 radical (unpaired) electrons. The Balaban J connectivity index is 1.82. The van der Waals surface area contributed by atoms with E-state index in [9.17, 15) is 8.78 Å². The molecule has 1 saturated carbocycles. The van der Waals surface area contributed by atoms with Crippen LogP contribution in [-0.4, -0.2) is 14.8 Å². The maximum Gasteiger partial charge on any atom is 0.191 e. The Morgan fingerprint density at radius 1 is 1.17 bits per heavy atom. The van der Waals surface area contributed by atoms with Crippen LogP contribution in [-0.2, 0) is 5.75 Å². The third-order valence-corrected chi connectivity index (χ3v) is 5.51. The highest BCUT2D eigenvalue weighted by molar-refractivity contribution is 7.98. The van der Waals surface area contributed by atoms with Crippen molar-refractivity contribution in [2.24, 2.45) is 0 Å². The number of hydrogen-bond acceptors (Lipinski definition) is 3. The molecule has 24 heavy (non-hydrogen) atoms. The molecule has 2 aromatic rings. The minimum absolute atomic E-state index is 0.302. The molecule has 1 aliphatic carbocycles. The van der Waals surface area contributed by atoms with E-state index < -0.39 is 11.6 Å². The second-order valence-corrected chi connectivity index (χ2v) is 7.62. The second-order valence-electron chi connectivity index (χ2n) is 6.68. The van der Waals surface area contributed by atoms with Gasteiger partial charge in [0.25, 0.3) is 0 Å². The van der Waals surface area contributed by atoms with Crippen molar-refractivity contribution < 1.29 is 8.78 Å². The molecule has 3 nitrogen and oxygen atoms in total. The van der Waals surface area contributed by atoms with Gasteiger partial charge in [0.2, 0.25) is 0 Å². The molecule has 6 heteroatoms. The average Bonchev–Trinajstić information content (AvgIpc) is 2.99. The fraction of sp³-hybridized carbons (Fsp3) is 0.556. The smallest absolute Gasteiger partial charge is 0.191 e. The van der Waals surface area contributed by atoms with Crippen molar-refractivity contribution in [1.29, 1.82) is 0 Å². The van der Waals surface area contributed by atoms with Crippen LogP contribution in [0.4, 0.5) is 8.78 Å². The zero-order valence-electron chi connectivity index (χ0n) is 14.1. The standard InChI is InChI=1S/C18H23F2N3S/c1-12(2)17-21-22-18(23(17)15-6-4-3-5-7-15)24-11-13-8-9-14(19)10-16(13)20/h8-10,12,15H,3-7,11H2,1-2H3. The predicted molar refractivity (Wildman–Crippen MR) is 92.2 cm³/mol. The third kappa shape index (κ3) is 3.79. The van der Waals surface area contributed by atoms with Gasteiger partial charge in [0.05, 0.1) is 0 Å². The van der Waals surface area contributed by atoms with Gasteiger partial charge in [-0.3, -0.25) is 0 Å². The zero-order valence-corrected chi connectivity index (χ0v) is 15.0. The number of hydrogen-bond donors (Lipinski definition) is 0. The first-order valence-electron chi connectivity index (χ1n) is 8.57. The van der Waals surface area contributed by atoms with Crippen LogP contribution < -0.4 is 0 Å². The number of aromatic nitrogens is 3. The van der Waals surface area contributed by atoms with Crippen molar-refractivity contribution in [1.82, 2.24) is 14.8 Å². The molecule has 0 saturated heterocycles. The minimum Gasteiger partial charge on any atom is -0.303 e. The lowest BCUT2D eigenvalue weighted by Crippen LogP contribution is -2.17. The number of halogens is 2. The molecular formula is C18H23F2N3S. The summed E-state index contributed by atoms with van der Waals surface area (Å²) in [5.74, 6) is 0.680. The van der Waals surface area contributed by atoms with Gasteiger partial charge in [-0.2, -0.15) is 0 Å². The first-order chi connectivity index (χ1) is 11.6. The van der Waals surface area contributed by atoms with E-state index in [0.717, 1.165) is 29.9 Å². The SMILES string of the molecule is CC(C)c1nnc(SCc2ccc(F)cc2F)n1C1CCCCC1. The summed E-state index contributed by atoms with van der Waals surface area (Å²) in [6.45, 7) is 4.24. The highest BCUT2D eigenvalue weighted by Crippen LogP contribution is 2.35. The monoisotopic (exact) mass is 351 g/mol. The van der Waals surface area contributed by atoms with Crippen LogP contribution in [0.1, 0.15) is 69.3 Å². The quantitative estimate of drug-likeness (QED) is 0.669. The van der Waals surface area contributed by atoms with Crippen LogP contribution in [0.3, 0.4) is 0 Å². The lowest BCUT2D eigenvalue weighted by Gasteiger charge is -2.26. The van der Waals surface area contributed by atoms with E-state index in [0.29, 0.717) is 23.3 Å². The minimum atomic E-state index is -0.547. The van der Waals surface area contributed by atoms with E-state index in [1.165, 1.54) is 43.2 Å². The maximum absolute atomic E-state index is 13.8. The van der Waals surface area contributed by atoms with Gasteiger partial charge in [-0.15, -0.1) is 10.2 Å². The first-order valence-corrected chi connectivity index (χ1v) is 9.56. The molecule has 0 bridgehead atoms. The fourth-order valence-corrected chi connectivity index (χ4v) is 4.24. The molecule has 0 spiro atoms. The molecule has 1 aromatic heterocycles. The van der Waals surface area contributed by atoms with Gasteiger partial charge in [0.1, 0.15) is 17.5 Å². The highest BCUT2D eigenvalue weighted by atomic mass is 32.2. The summed E-state index contributed by atoms with van der Waals surface area (Å²) in [7, 11) is 0. The van der Waals surface area contributed by atoms with Crippen molar-refractivity contribution >= 4 is 11.8 Å². The van der Waals surface area contributed by atoms with Crippen LogP contribution in [0, 0.1) is 11.6 Å². The lowest BCUT2D eigenvalue weighted by molar-refractivity contribution is 0.326. The maximum atomic E-state index is 13.8. The normalized spacial score (nSPS) is 16.0. The lowest BCUT2D eigenvalue weighted by atomic mass is 9.95. The number of nitrogens with zero attached hydrogens (tertiary/aromatic N) is 3. The molecule has 3 rings (SSSR count). The van der Waals surface area contributed by atoms with Gasteiger partial charge >= 0.3 is 0 Å². The van der Waals surface area contributed by atoms with Gasteiger partial charge in [-0.1, -0.05) is 50.9 Å². The first kappa shape index (κ1) is 17.4. The molecular weight excluding hydrogens is 328 g/mol. The van der Waals surface area contributed by atoms with Crippen molar-refractivity contribution in [3.05, 3.63) is 41.2 Å². The van der Waals surface area contributed by atoms with Crippen LogP contribution in [0.15, 0.2) is 23.4 Å². The van der Waals surface area contributed by atoms with Crippen molar-refractivity contribution in [3.63, 3.8) is 0 Å². The molecule has 130 valence electrons. The van der Waals surface area contributed by atoms with E-state index in [4.69, 9.17) is 0 Å². The fourth-order valence-electron chi connectivity index (χ4n) is 3.24. The summed E-state index contributed by atoms with van der Waals surface area (Å²) in [5.41, 5.74) is 0.491. The van der Waals surface area contributed by atoms with Gasteiger partial charge in [-0.05, 0) is 24.5 Å². The topological polar surface area (TPSA) is 30.7 Å². The number of thioether (sulfide) groups is 1. The van der Waals surface area contributed by atoms with Crippen LogP contribution in [0.2, 0.25) is 0 Å². The Bertz CT molecular complexity index is 694. The summed E-state index contributed by atoms with van der Waals surface area (Å²) >= 11 is 1.48. The van der Waals surface area contributed by atoms with Gasteiger partial charge in [-0.25, -0.2) is 8.78 Å². The highest BCUT2D eigenvalue weighted by Gasteiger charge is 2.24.